The topological polar surface area (TPSA) is 58.9 Å². The summed E-state index contributed by atoms with van der Waals surface area (Å²) in [5.41, 5.74) is 4.28. The van der Waals surface area contributed by atoms with E-state index >= 15 is 0 Å². The van der Waals surface area contributed by atoms with E-state index in [1.165, 1.54) is 18.2 Å². The average molecular weight is 489 g/mol. The van der Waals surface area contributed by atoms with E-state index in [1.54, 1.807) is 30.5 Å². The van der Waals surface area contributed by atoms with E-state index in [4.69, 9.17) is 9.97 Å². The zero-order valence-electron chi connectivity index (χ0n) is 20.6. The maximum absolute atomic E-state index is 13.7. The number of anilines is 1. The number of nitrogens with one attached hydrogen (secondary N) is 1. The first-order valence-corrected chi connectivity index (χ1v) is 12.4. The van der Waals surface area contributed by atoms with Crippen LogP contribution in [0.2, 0.25) is 0 Å². The van der Waals surface area contributed by atoms with Crippen LogP contribution in [0.5, 0.6) is 0 Å². The molecular weight excluding hydrogens is 458 g/mol. The molecule has 0 radical (unpaired) electrons. The van der Waals surface area contributed by atoms with Crippen LogP contribution in [0.4, 0.5) is 14.7 Å². The molecule has 1 N–H and O–H groups in total. The molecule has 2 aromatic carbocycles. The third-order valence-corrected chi connectivity index (χ3v) is 6.46. The molecule has 5 rings (SSSR count). The predicted octanol–water partition coefficient (Wildman–Crippen LogP) is 5.73. The SMILES string of the molecule is CCCNc1nccc(-c2c(-c3ccc(F)cc3)nc3n2C(CN(C)Cc2cccc(F)c2)CC3)n1. The molecule has 36 heavy (non-hydrogen) atoms. The molecule has 1 aliphatic heterocycles. The Balaban J connectivity index is 1.51. The fraction of sp³-hybridized carbons (Fsp3) is 0.321. The Labute approximate surface area is 210 Å². The largest absolute Gasteiger partial charge is 0.354 e. The van der Waals surface area contributed by atoms with Gasteiger partial charge in [0, 0.05) is 43.9 Å². The fourth-order valence-corrected chi connectivity index (χ4v) is 4.88. The number of imidazole rings is 1. The van der Waals surface area contributed by atoms with Crippen molar-refractivity contribution in [2.45, 2.75) is 38.8 Å². The molecule has 1 unspecified atom stereocenters. The lowest BCUT2D eigenvalue weighted by Crippen LogP contribution is -2.26. The van der Waals surface area contributed by atoms with E-state index in [-0.39, 0.29) is 17.7 Å². The van der Waals surface area contributed by atoms with Gasteiger partial charge in [-0.05, 0) is 67.9 Å². The Bertz CT molecular complexity index is 1330. The summed E-state index contributed by atoms with van der Waals surface area (Å²) in [6.45, 7) is 4.31. The maximum Gasteiger partial charge on any atom is 0.223 e. The van der Waals surface area contributed by atoms with Crippen LogP contribution < -0.4 is 5.32 Å². The zero-order chi connectivity index (χ0) is 25.1. The molecule has 2 aromatic heterocycles. The number of fused-ring (bicyclic) bond motifs is 1. The molecule has 0 saturated carbocycles. The molecule has 8 heteroatoms. The maximum atomic E-state index is 13.7. The number of hydrogen-bond donors (Lipinski definition) is 1. The summed E-state index contributed by atoms with van der Waals surface area (Å²) in [4.78, 5) is 16.4. The molecule has 0 spiro atoms. The van der Waals surface area contributed by atoms with Crippen LogP contribution >= 0.6 is 0 Å². The quantitative estimate of drug-likeness (QED) is 0.326. The molecule has 0 saturated heterocycles. The second-order valence-corrected chi connectivity index (χ2v) is 9.31. The first kappa shape index (κ1) is 24.1. The van der Waals surface area contributed by atoms with E-state index in [0.29, 0.717) is 12.5 Å². The van der Waals surface area contributed by atoms with Crippen LogP contribution in [0.15, 0.2) is 60.8 Å². The van der Waals surface area contributed by atoms with Crippen LogP contribution in [-0.4, -0.2) is 44.6 Å². The molecule has 0 bridgehead atoms. The van der Waals surface area contributed by atoms with Crippen molar-refractivity contribution in [1.82, 2.24) is 24.4 Å². The van der Waals surface area contributed by atoms with Crippen molar-refractivity contribution >= 4 is 5.95 Å². The summed E-state index contributed by atoms with van der Waals surface area (Å²) in [5.74, 6) is 1.07. The highest BCUT2D eigenvalue weighted by molar-refractivity contribution is 5.78. The van der Waals surface area contributed by atoms with E-state index < -0.39 is 0 Å². The number of rotatable bonds is 9. The van der Waals surface area contributed by atoms with Crippen molar-refractivity contribution in [2.24, 2.45) is 0 Å². The minimum atomic E-state index is -0.281. The molecule has 1 aliphatic rings. The van der Waals surface area contributed by atoms with Gasteiger partial charge < -0.3 is 14.8 Å². The first-order valence-electron chi connectivity index (χ1n) is 12.4. The van der Waals surface area contributed by atoms with Gasteiger partial charge in [0.15, 0.2) is 0 Å². The number of aryl methyl sites for hydroxylation is 1. The van der Waals surface area contributed by atoms with Crippen LogP contribution in [0, 0.1) is 11.6 Å². The van der Waals surface area contributed by atoms with Crippen molar-refractivity contribution in [3.63, 3.8) is 0 Å². The smallest absolute Gasteiger partial charge is 0.223 e. The van der Waals surface area contributed by atoms with Crippen LogP contribution in [0.3, 0.4) is 0 Å². The summed E-state index contributed by atoms with van der Waals surface area (Å²) in [6, 6.07) is 15.3. The van der Waals surface area contributed by atoms with E-state index in [2.05, 4.69) is 33.7 Å². The van der Waals surface area contributed by atoms with Gasteiger partial charge in [0.1, 0.15) is 17.5 Å². The van der Waals surface area contributed by atoms with Gasteiger partial charge in [0.25, 0.3) is 0 Å². The molecular formula is C28H30F2N6. The van der Waals surface area contributed by atoms with Crippen molar-refractivity contribution in [3.05, 3.63) is 83.8 Å². The first-order chi connectivity index (χ1) is 17.5. The summed E-state index contributed by atoms with van der Waals surface area (Å²) in [6.07, 6.45) is 4.53. The lowest BCUT2D eigenvalue weighted by atomic mass is 10.1. The molecule has 3 heterocycles. The van der Waals surface area contributed by atoms with Crippen molar-refractivity contribution in [2.75, 3.05) is 25.5 Å². The highest BCUT2D eigenvalue weighted by atomic mass is 19.1. The lowest BCUT2D eigenvalue weighted by Gasteiger charge is -2.24. The van der Waals surface area contributed by atoms with E-state index in [0.717, 1.165) is 66.4 Å². The summed E-state index contributed by atoms with van der Waals surface area (Å²) < 4.78 is 29.7. The molecule has 6 nitrogen and oxygen atoms in total. The Kier molecular flexibility index (Phi) is 7.04. The third kappa shape index (κ3) is 5.14. The van der Waals surface area contributed by atoms with Gasteiger partial charge in [0.05, 0.1) is 17.1 Å². The summed E-state index contributed by atoms with van der Waals surface area (Å²) in [5, 5.41) is 3.27. The third-order valence-electron chi connectivity index (χ3n) is 6.46. The zero-order valence-corrected chi connectivity index (χ0v) is 20.6. The fourth-order valence-electron chi connectivity index (χ4n) is 4.88. The second-order valence-electron chi connectivity index (χ2n) is 9.31. The molecule has 0 fully saturated rings. The van der Waals surface area contributed by atoms with Crippen molar-refractivity contribution < 1.29 is 8.78 Å². The minimum absolute atomic E-state index is 0.178. The number of likely N-dealkylation sites (N-methyl/N-ethyl adjacent to an activating group) is 1. The van der Waals surface area contributed by atoms with Crippen molar-refractivity contribution in [3.8, 4) is 22.6 Å². The number of hydrogen-bond acceptors (Lipinski definition) is 5. The lowest BCUT2D eigenvalue weighted by molar-refractivity contribution is 0.273. The predicted molar refractivity (Wildman–Crippen MR) is 138 cm³/mol. The Morgan fingerprint density at radius 2 is 1.89 bits per heavy atom. The Morgan fingerprint density at radius 1 is 1.06 bits per heavy atom. The normalized spacial score (nSPS) is 14.9. The molecule has 186 valence electrons. The van der Waals surface area contributed by atoms with Gasteiger partial charge >= 0.3 is 0 Å². The molecule has 4 aromatic rings. The monoisotopic (exact) mass is 488 g/mol. The van der Waals surface area contributed by atoms with Crippen LogP contribution in [-0.2, 0) is 13.0 Å². The van der Waals surface area contributed by atoms with Gasteiger partial charge in [-0.25, -0.2) is 23.7 Å². The van der Waals surface area contributed by atoms with E-state index in [1.807, 2.05) is 12.1 Å². The number of benzene rings is 2. The summed E-state index contributed by atoms with van der Waals surface area (Å²) >= 11 is 0. The van der Waals surface area contributed by atoms with Gasteiger partial charge in [0.2, 0.25) is 5.95 Å². The molecule has 1 atom stereocenters. The number of aromatic nitrogens is 4. The molecule has 0 amide bonds. The standard InChI is InChI=1S/C28H30F2N6/c1-3-14-31-28-32-15-13-24(33-28)27-26(20-7-9-21(29)10-8-20)34-25-12-11-23(36(25)27)18-35(2)17-19-5-4-6-22(30)16-19/h4-10,13,15-16,23H,3,11-12,14,17-18H2,1-2H3,(H,31,32,33). The van der Waals surface area contributed by atoms with Gasteiger partial charge in [-0.15, -0.1) is 0 Å². The number of nitrogens with zero attached hydrogens (tertiary/aromatic N) is 5. The van der Waals surface area contributed by atoms with Crippen molar-refractivity contribution in [1.29, 1.82) is 0 Å². The highest BCUT2D eigenvalue weighted by Gasteiger charge is 2.31. The van der Waals surface area contributed by atoms with Gasteiger partial charge in [-0.2, -0.15) is 0 Å². The van der Waals surface area contributed by atoms with Gasteiger partial charge in [-0.3, -0.25) is 0 Å². The van der Waals surface area contributed by atoms with E-state index in [9.17, 15) is 8.78 Å². The molecule has 0 aliphatic carbocycles. The van der Waals surface area contributed by atoms with Crippen LogP contribution in [0.25, 0.3) is 22.6 Å². The minimum Gasteiger partial charge on any atom is -0.354 e. The Morgan fingerprint density at radius 3 is 2.67 bits per heavy atom. The second kappa shape index (κ2) is 10.5. The average Bonchev–Trinajstić information content (AvgIpc) is 3.43. The van der Waals surface area contributed by atoms with Gasteiger partial charge in [-0.1, -0.05) is 19.1 Å². The summed E-state index contributed by atoms with van der Waals surface area (Å²) in [7, 11) is 2.05. The Hall–Kier alpha value is -3.65. The highest BCUT2D eigenvalue weighted by Crippen LogP contribution is 2.39. The van der Waals surface area contributed by atoms with Crippen LogP contribution in [0.1, 0.15) is 37.2 Å². The number of halogens is 2.